The zero-order valence-corrected chi connectivity index (χ0v) is 36.1. The maximum absolute atomic E-state index is 9.40. The minimum absolute atomic E-state index is 0.140. The highest BCUT2D eigenvalue weighted by atomic mass is 79.9. The van der Waals surface area contributed by atoms with E-state index in [1.54, 1.807) is 18.6 Å². The maximum atomic E-state index is 9.40. The van der Waals surface area contributed by atoms with E-state index in [1.807, 2.05) is 92.0 Å². The van der Waals surface area contributed by atoms with E-state index >= 15 is 0 Å². The maximum Gasteiger partial charge on any atom is 0.497 e. The first kappa shape index (κ1) is 43.9. The fourth-order valence-corrected chi connectivity index (χ4v) is 7.05. The number of aliphatic hydroxyl groups excluding tert-OH is 2. The molecule has 0 amide bonds. The van der Waals surface area contributed by atoms with Gasteiger partial charge in [-0.1, -0.05) is 0 Å². The van der Waals surface area contributed by atoms with Gasteiger partial charge in [-0.2, -0.15) is 10.5 Å². The van der Waals surface area contributed by atoms with Gasteiger partial charge < -0.3 is 40.1 Å². The van der Waals surface area contributed by atoms with Crippen molar-refractivity contribution in [3.05, 3.63) is 99.3 Å². The van der Waals surface area contributed by atoms with Crippen molar-refractivity contribution in [1.29, 1.82) is 10.5 Å². The molecule has 4 aromatic heterocycles. The molecule has 0 saturated carbocycles. The lowest BCUT2D eigenvalue weighted by atomic mass is 9.78. The Morgan fingerprint density at radius 1 is 0.707 bits per heavy atom. The van der Waals surface area contributed by atoms with Crippen LogP contribution in [-0.2, 0) is 22.4 Å². The van der Waals surface area contributed by atoms with Crippen LogP contribution in [0.25, 0.3) is 32.9 Å². The van der Waals surface area contributed by atoms with Crippen LogP contribution in [0.3, 0.4) is 0 Å². The van der Waals surface area contributed by atoms with Crippen LogP contribution >= 0.6 is 15.9 Å². The zero-order valence-electron chi connectivity index (χ0n) is 34.5. The largest absolute Gasteiger partial charge is 0.497 e. The van der Waals surface area contributed by atoms with Gasteiger partial charge in [-0.3, -0.25) is 9.97 Å². The first-order valence-corrected chi connectivity index (χ1v) is 20.0. The van der Waals surface area contributed by atoms with E-state index in [4.69, 9.17) is 25.9 Å². The van der Waals surface area contributed by atoms with Gasteiger partial charge in [0.2, 0.25) is 0 Å². The fourth-order valence-electron chi connectivity index (χ4n) is 6.70. The summed E-state index contributed by atoms with van der Waals surface area (Å²) in [5, 5.41) is 39.1. The molecule has 0 unspecified atom stereocenters. The van der Waals surface area contributed by atoms with Crippen LogP contribution in [0, 0.1) is 50.4 Å². The molecule has 2 aromatic carbocycles. The third-order valence-electron chi connectivity index (χ3n) is 11.1. The molecule has 7 rings (SSSR count). The Hall–Kier alpha value is -5.22. The topological polar surface area (TPSA) is 194 Å². The number of halogens is 1. The summed E-state index contributed by atoms with van der Waals surface area (Å²) in [7, 11) is -0.475. The molecular formula is C44H52BBrN8O4. The Labute approximate surface area is 349 Å². The highest BCUT2D eigenvalue weighted by Gasteiger charge is 2.52. The molecule has 0 spiro atoms. The average molecular weight is 848 g/mol. The summed E-state index contributed by atoms with van der Waals surface area (Å²) in [4.78, 5) is 8.09. The predicted molar refractivity (Wildman–Crippen MR) is 235 cm³/mol. The molecule has 12 nitrogen and oxygen atoms in total. The van der Waals surface area contributed by atoms with E-state index in [1.165, 1.54) is 0 Å². The van der Waals surface area contributed by atoms with Gasteiger partial charge in [-0.05, 0) is 131 Å². The molecule has 0 radical (unpaired) electrons. The molecule has 1 aliphatic heterocycles. The summed E-state index contributed by atoms with van der Waals surface area (Å²) in [6, 6.07) is 12.4. The summed E-state index contributed by atoms with van der Waals surface area (Å²) < 4.78 is 17.6. The van der Waals surface area contributed by atoms with Crippen LogP contribution in [0.4, 0.5) is 11.4 Å². The van der Waals surface area contributed by atoms with Crippen LogP contribution in [-0.4, -0.2) is 60.8 Å². The number of benzene rings is 2. The molecule has 6 N–H and O–H groups in total. The molecule has 58 heavy (non-hydrogen) atoms. The van der Waals surface area contributed by atoms with Gasteiger partial charge in [0.1, 0.15) is 0 Å². The highest BCUT2D eigenvalue weighted by molar-refractivity contribution is 9.10. The van der Waals surface area contributed by atoms with Crippen LogP contribution < -0.4 is 16.9 Å². The second kappa shape index (κ2) is 18.1. The van der Waals surface area contributed by atoms with Gasteiger partial charge in [0.25, 0.3) is 0 Å². The summed E-state index contributed by atoms with van der Waals surface area (Å²) >= 11 is 3.30. The smallest absolute Gasteiger partial charge is 0.399 e. The molecule has 1 fully saturated rings. The van der Waals surface area contributed by atoms with E-state index in [9.17, 15) is 15.6 Å². The van der Waals surface area contributed by atoms with Crippen molar-refractivity contribution < 1.29 is 19.5 Å². The predicted octanol–water partition coefficient (Wildman–Crippen LogP) is 7.39. The molecular weight excluding hydrogens is 795 g/mol. The average Bonchev–Trinajstić information content (AvgIpc) is 3.79. The Kier molecular flexibility index (Phi) is 13.7. The van der Waals surface area contributed by atoms with Crippen molar-refractivity contribution in [2.45, 2.75) is 92.5 Å². The van der Waals surface area contributed by atoms with E-state index in [0.29, 0.717) is 42.7 Å². The monoisotopic (exact) mass is 846 g/mol. The minimum atomic E-state index is -0.475. The van der Waals surface area contributed by atoms with E-state index < -0.39 is 18.3 Å². The first-order chi connectivity index (χ1) is 27.5. The van der Waals surface area contributed by atoms with Crippen molar-refractivity contribution in [2.24, 2.45) is 0 Å². The van der Waals surface area contributed by atoms with E-state index in [-0.39, 0.29) is 13.2 Å². The highest BCUT2D eigenvalue weighted by Crippen LogP contribution is 2.38. The number of anilines is 2. The summed E-state index contributed by atoms with van der Waals surface area (Å²) in [6.07, 6.45) is 12.3. The normalized spacial score (nSPS) is 14.1. The molecule has 302 valence electrons. The number of aryl methyl sites for hydroxylation is 4. The number of aromatic nitrogens is 4. The number of fused-ring (bicyclic) bond motifs is 2. The van der Waals surface area contributed by atoms with Gasteiger partial charge in [0.05, 0.1) is 58.2 Å². The molecule has 5 heterocycles. The Morgan fingerprint density at radius 3 is 1.69 bits per heavy atom. The molecule has 0 bridgehead atoms. The molecule has 14 heteroatoms. The van der Waals surface area contributed by atoms with Crippen LogP contribution in [0.1, 0.15) is 73.9 Å². The molecule has 1 aliphatic rings. The molecule has 6 aromatic rings. The third-order valence-corrected chi connectivity index (χ3v) is 11.9. The molecule has 0 aliphatic carbocycles. The quantitative estimate of drug-likeness (QED) is 0.112. The summed E-state index contributed by atoms with van der Waals surface area (Å²) in [5.74, 6) is 0. The van der Waals surface area contributed by atoms with Gasteiger partial charge >= 0.3 is 7.12 Å². The zero-order chi connectivity index (χ0) is 42.5. The molecule has 1 saturated heterocycles. The van der Waals surface area contributed by atoms with Crippen LogP contribution in [0.2, 0.25) is 0 Å². The lowest BCUT2D eigenvalue weighted by Crippen LogP contribution is -2.41. The first-order valence-electron chi connectivity index (χ1n) is 19.2. The van der Waals surface area contributed by atoms with Gasteiger partial charge in [-0.25, -0.2) is 0 Å². The van der Waals surface area contributed by atoms with Crippen molar-refractivity contribution in [1.82, 2.24) is 19.1 Å². The lowest BCUT2D eigenvalue weighted by Gasteiger charge is -2.32. The van der Waals surface area contributed by atoms with E-state index in [0.717, 1.165) is 70.8 Å². The lowest BCUT2D eigenvalue weighted by molar-refractivity contribution is 0.00578. The van der Waals surface area contributed by atoms with Crippen molar-refractivity contribution in [3.63, 3.8) is 0 Å². The number of nitrogen functional groups attached to an aromatic ring is 2. The van der Waals surface area contributed by atoms with Gasteiger partial charge in [-0.15, -0.1) is 0 Å². The fraction of sp³-hybridized carbons (Fsp3) is 0.364. The third kappa shape index (κ3) is 9.07. The number of rotatable bonds is 8. The standard InChI is InChI=1S/C19H25BN2O3.C19H20N4O.C6H7BrN2/c1-13-9-17-15(10-14(13)11-21)16(12-22(17)7-6-8-23)20-24-18(2,3)19(4,5)25-20;1-12-6-19-15(7-14(12)8-20)17(11-23(19)4-3-5-24)16-9-22-10-18(21)13(16)2;1-4-5(7)2-9-3-6(4)8/h9-10,12,23H,6-8H2,1-5H3;6-7,9-11,24H,3-5,21H2,1-2H3;2-3H,8H2,1H3. The van der Waals surface area contributed by atoms with Gasteiger partial charge in [0, 0.05) is 94.0 Å². The SMILES string of the molecule is Cc1c(N)cncc1Br.Cc1cc2c(cc1C#N)c(-c1cncc(N)c1C)cn2CCCO.Cc1cc2c(cc1C#N)c(B1OC(C)(C)C(C)(C)O1)cn2CCCO. The van der Waals surface area contributed by atoms with Crippen LogP contribution in [0.15, 0.2) is 65.9 Å². The number of aliphatic hydroxyl groups is 2. The number of nitrogens with two attached hydrogens (primary N) is 2. The number of hydrogen-bond donors (Lipinski definition) is 4. The summed E-state index contributed by atoms with van der Waals surface area (Å²) in [6.45, 7) is 17.6. The Morgan fingerprint density at radius 2 is 1.19 bits per heavy atom. The molecule has 0 atom stereocenters. The number of nitrogens with zero attached hydrogens (tertiary/aromatic N) is 6. The van der Waals surface area contributed by atoms with Crippen molar-refractivity contribution >= 4 is 61.7 Å². The number of pyridine rings is 2. The van der Waals surface area contributed by atoms with Gasteiger partial charge in [0.15, 0.2) is 0 Å². The Balaban J connectivity index is 0.000000183. The van der Waals surface area contributed by atoms with Crippen LogP contribution in [0.5, 0.6) is 0 Å². The second-order valence-corrected chi connectivity index (χ2v) is 16.4. The number of nitriles is 2. The van der Waals surface area contributed by atoms with E-state index in [2.05, 4.69) is 53.4 Å². The van der Waals surface area contributed by atoms with Crippen molar-refractivity contribution in [2.75, 3.05) is 24.7 Å². The second-order valence-electron chi connectivity index (χ2n) is 15.6. The van der Waals surface area contributed by atoms with Crippen molar-refractivity contribution in [3.8, 4) is 23.3 Å². The minimum Gasteiger partial charge on any atom is -0.399 e. The number of hydrogen-bond acceptors (Lipinski definition) is 10. The Bertz CT molecular complexity index is 2500. The summed E-state index contributed by atoms with van der Waals surface area (Å²) in [5.41, 5.74) is 22.3.